The lowest BCUT2D eigenvalue weighted by molar-refractivity contribution is -0.137. The maximum atomic E-state index is 10.8. The van der Waals surface area contributed by atoms with Crippen LogP contribution in [0, 0.1) is 0 Å². The molecule has 88 valence electrons. The fourth-order valence-electron chi connectivity index (χ4n) is 0.821. The molecule has 5 N–H and O–H groups in total. The molecule has 0 bridgehead atoms. The molecule has 0 aliphatic rings. The molecule has 1 unspecified atom stereocenters. The molecule has 15 heavy (non-hydrogen) atoms. The van der Waals surface area contributed by atoms with E-state index < -0.39 is 31.7 Å². The largest absolute Gasteiger partial charge is 0.481 e. The van der Waals surface area contributed by atoms with Crippen LogP contribution in [0.3, 0.4) is 0 Å². The minimum atomic E-state index is -4.57. The summed E-state index contributed by atoms with van der Waals surface area (Å²) >= 11 is 0. The molecule has 8 nitrogen and oxygen atoms in total. The van der Waals surface area contributed by atoms with Gasteiger partial charge in [-0.1, -0.05) is 0 Å². The molecule has 1 atom stereocenters. The van der Waals surface area contributed by atoms with E-state index in [9.17, 15) is 14.2 Å². The lowest BCUT2D eigenvalue weighted by Gasteiger charge is -2.17. The third-order valence-electron chi connectivity index (χ3n) is 1.49. The van der Waals surface area contributed by atoms with Gasteiger partial charge in [0.2, 0.25) is 0 Å². The van der Waals surface area contributed by atoms with Crippen LogP contribution in [0.15, 0.2) is 0 Å². The quantitative estimate of drug-likeness (QED) is 0.358. The van der Waals surface area contributed by atoms with Gasteiger partial charge in [0.1, 0.15) is 5.78 Å². The van der Waals surface area contributed by atoms with Gasteiger partial charge in [0.25, 0.3) is 0 Å². The molecule has 0 aromatic rings. The molecule has 0 saturated carbocycles. The van der Waals surface area contributed by atoms with Crippen LogP contribution in [0.2, 0.25) is 0 Å². The average Bonchev–Trinajstić information content (AvgIpc) is 1.99. The molecule has 0 radical (unpaired) electrons. The number of hydrogen-bond acceptors (Lipinski definition) is 4. The highest BCUT2D eigenvalue weighted by molar-refractivity contribution is 7.52. The minimum Gasteiger partial charge on any atom is -0.481 e. The first kappa shape index (κ1) is 14.1. The Labute approximate surface area is 85.1 Å². The molecule has 0 aromatic heterocycles. The Morgan fingerprint density at radius 1 is 1.20 bits per heavy atom. The molecule has 0 spiro atoms. The molecule has 0 aliphatic carbocycles. The predicted molar refractivity (Wildman–Crippen MR) is 48.3 cm³/mol. The molecule has 0 saturated heterocycles. The van der Waals surface area contributed by atoms with Gasteiger partial charge in [-0.05, 0) is 0 Å². The van der Waals surface area contributed by atoms with Crippen molar-refractivity contribution in [1.82, 2.24) is 5.32 Å². The van der Waals surface area contributed by atoms with Crippen molar-refractivity contribution < 1.29 is 34.2 Å². The molecular formula is C6H12NO7P. The van der Waals surface area contributed by atoms with E-state index in [1.54, 1.807) is 0 Å². The highest BCUT2D eigenvalue weighted by atomic mass is 31.2. The summed E-state index contributed by atoms with van der Waals surface area (Å²) in [7, 11) is -4.57. The fourth-order valence-corrected chi connectivity index (χ4v) is 1.58. The van der Waals surface area contributed by atoms with E-state index in [1.807, 2.05) is 0 Å². The van der Waals surface area contributed by atoms with Crippen LogP contribution in [0.4, 0.5) is 0 Å². The van der Waals surface area contributed by atoms with E-state index in [2.05, 4.69) is 5.32 Å². The third kappa shape index (κ3) is 7.03. The zero-order valence-corrected chi connectivity index (χ0v) is 8.55. The maximum absolute atomic E-state index is 10.8. The summed E-state index contributed by atoms with van der Waals surface area (Å²) in [6, 6.07) is 0. The number of hydrogen-bond donors (Lipinski definition) is 5. The average molecular weight is 241 g/mol. The van der Waals surface area contributed by atoms with Crippen molar-refractivity contribution in [2.24, 2.45) is 0 Å². The zero-order chi connectivity index (χ0) is 12.1. The summed E-state index contributed by atoms with van der Waals surface area (Å²) in [5, 5.41) is 18.8. The summed E-state index contributed by atoms with van der Waals surface area (Å²) in [4.78, 5) is 37.8. The number of carbonyl (C=O) groups is 2. The van der Waals surface area contributed by atoms with E-state index in [1.165, 1.54) is 0 Å². The Hall–Kier alpha value is -0.950. The number of carboxylic acids is 2. The van der Waals surface area contributed by atoms with Crippen molar-refractivity contribution in [3.8, 4) is 0 Å². The van der Waals surface area contributed by atoms with Gasteiger partial charge in [-0.15, -0.1) is 0 Å². The third-order valence-corrected chi connectivity index (χ3v) is 2.67. The Morgan fingerprint density at radius 3 is 2.07 bits per heavy atom. The molecule has 0 fully saturated rings. The van der Waals surface area contributed by atoms with Gasteiger partial charge in [0.15, 0.2) is 0 Å². The topological polar surface area (TPSA) is 144 Å². The number of carboxylic acid groups (broad SMARTS) is 2. The predicted octanol–water partition coefficient (Wildman–Crippen LogP) is -0.971. The van der Waals surface area contributed by atoms with Crippen molar-refractivity contribution in [2.75, 3.05) is 6.54 Å². The molecule has 0 aliphatic heterocycles. The first-order valence-electron chi connectivity index (χ1n) is 3.95. The lowest BCUT2D eigenvalue weighted by atomic mass is 10.4. The van der Waals surface area contributed by atoms with E-state index >= 15 is 0 Å². The van der Waals surface area contributed by atoms with Crippen molar-refractivity contribution in [3.63, 3.8) is 0 Å². The standard InChI is InChI=1S/C6H12NO7P/c8-5(9)1-2-7-4(3-6(10)11)15(12,13)14/h4,7H,1-3H2,(H,8,9)(H,10,11)(H2,12,13,14). The molecular weight excluding hydrogens is 229 g/mol. The molecule has 0 amide bonds. The van der Waals surface area contributed by atoms with Crippen LogP contribution in [-0.4, -0.2) is 44.3 Å². The van der Waals surface area contributed by atoms with Gasteiger partial charge in [-0.25, -0.2) is 0 Å². The second-order valence-corrected chi connectivity index (χ2v) is 4.60. The van der Waals surface area contributed by atoms with Crippen LogP contribution >= 0.6 is 7.60 Å². The Bertz CT molecular complexity index is 285. The summed E-state index contributed by atoms with van der Waals surface area (Å²) in [6.45, 7) is -0.196. The number of aliphatic carboxylic acids is 2. The van der Waals surface area contributed by atoms with Gasteiger partial charge in [0.05, 0.1) is 12.8 Å². The smallest absolute Gasteiger partial charge is 0.342 e. The molecule has 9 heteroatoms. The van der Waals surface area contributed by atoms with Crippen LogP contribution in [-0.2, 0) is 14.2 Å². The minimum absolute atomic E-state index is 0.196. The lowest BCUT2D eigenvalue weighted by Crippen LogP contribution is -2.33. The zero-order valence-electron chi connectivity index (χ0n) is 7.66. The van der Waals surface area contributed by atoms with Crippen LogP contribution < -0.4 is 5.32 Å². The summed E-state index contributed by atoms with van der Waals surface area (Å²) in [6.07, 6.45) is -1.10. The van der Waals surface area contributed by atoms with Crippen molar-refractivity contribution in [3.05, 3.63) is 0 Å². The summed E-state index contributed by atoms with van der Waals surface area (Å²) in [5.41, 5.74) is 0. The molecule has 0 rings (SSSR count). The van der Waals surface area contributed by atoms with Crippen molar-refractivity contribution in [2.45, 2.75) is 18.6 Å². The molecule has 0 heterocycles. The Balaban J connectivity index is 4.21. The van der Waals surface area contributed by atoms with E-state index in [-0.39, 0.29) is 13.0 Å². The van der Waals surface area contributed by atoms with Crippen molar-refractivity contribution in [1.29, 1.82) is 0 Å². The van der Waals surface area contributed by atoms with E-state index in [0.29, 0.717) is 0 Å². The first-order valence-corrected chi connectivity index (χ1v) is 5.64. The second-order valence-electron chi connectivity index (χ2n) is 2.80. The normalized spacial score (nSPS) is 13.5. The van der Waals surface area contributed by atoms with Crippen LogP contribution in [0.25, 0.3) is 0 Å². The van der Waals surface area contributed by atoms with Gasteiger partial charge >= 0.3 is 19.5 Å². The summed E-state index contributed by atoms with van der Waals surface area (Å²) < 4.78 is 10.8. The number of nitrogens with one attached hydrogen (secondary N) is 1. The second kappa shape index (κ2) is 5.82. The fraction of sp³-hybridized carbons (Fsp3) is 0.667. The molecule has 0 aromatic carbocycles. The van der Waals surface area contributed by atoms with Gasteiger partial charge in [0, 0.05) is 6.54 Å². The highest BCUT2D eigenvalue weighted by Gasteiger charge is 2.30. The number of rotatable bonds is 7. The van der Waals surface area contributed by atoms with Gasteiger partial charge < -0.3 is 25.3 Å². The van der Waals surface area contributed by atoms with Crippen LogP contribution in [0.5, 0.6) is 0 Å². The van der Waals surface area contributed by atoms with Gasteiger partial charge in [-0.2, -0.15) is 0 Å². The van der Waals surface area contributed by atoms with Crippen molar-refractivity contribution >= 4 is 19.5 Å². The highest BCUT2D eigenvalue weighted by Crippen LogP contribution is 2.41. The SMILES string of the molecule is O=C(O)CCNC(CC(=O)O)P(=O)(O)O. The monoisotopic (exact) mass is 241 g/mol. The maximum Gasteiger partial charge on any atom is 0.342 e. The first-order chi connectivity index (χ1) is 6.73. The van der Waals surface area contributed by atoms with Crippen LogP contribution in [0.1, 0.15) is 12.8 Å². The van der Waals surface area contributed by atoms with E-state index in [0.717, 1.165) is 0 Å². The van der Waals surface area contributed by atoms with Gasteiger partial charge in [-0.3, -0.25) is 14.2 Å². The Kier molecular flexibility index (Phi) is 5.45. The van der Waals surface area contributed by atoms with E-state index in [4.69, 9.17) is 20.0 Å². The summed E-state index contributed by atoms with van der Waals surface area (Å²) in [5.74, 6) is -4.05. The Morgan fingerprint density at radius 2 is 1.73 bits per heavy atom.